The maximum absolute atomic E-state index is 9.41. The number of hydrogen-bond acceptors (Lipinski definition) is 5. The summed E-state index contributed by atoms with van der Waals surface area (Å²) in [7, 11) is 0. The molecule has 0 aliphatic heterocycles. The fourth-order valence-corrected chi connectivity index (χ4v) is 3.09. The second kappa shape index (κ2) is 6.70. The van der Waals surface area contributed by atoms with Gasteiger partial charge in [-0.15, -0.1) is 0 Å². The summed E-state index contributed by atoms with van der Waals surface area (Å²) in [6, 6.07) is 13.7. The molecule has 1 atom stereocenters. The molecule has 1 aromatic carbocycles. The van der Waals surface area contributed by atoms with Crippen LogP contribution in [0.4, 0.5) is 0 Å². The monoisotopic (exact) mass is 298 g/mol. The molecular formula is C16H18N4S. The number of rotatable bonds is 5. The number of aromatic nitrogens is 2. The summed E-state index contributed by atoms with van der Waals surface area (Å²) < 4.78 is 0. The van der Waals surface area contributed by atoms with Gasteiger partial charge in [-0.1, -0.05) is 42.1 Å². The van der Waals surface area contributed by atoms with E-state index in [1.807, 2.05) is 50.2 Å². The smallest absolute Gasteiger partial charge is 0.187 e. The van der Waals surface area contributed by atoms with Crippen molar-refractivity contribution in [3.05, 3.63) is 53.3 Å². The maximum Gasteiger partial charge on any atom is 0.187 e. The van der Waals surface area contributed by atoms with E-state index in [1.165, 1.54) is 11.8 Å². The molecule has 2 aromatic rings. The van der Waals surface area contributed by atoms with Gasteiger partial charge in [0, 0.05) is 17.1 Å². The maximum atomic E-state index is 9.41. The van der Waals surface area contributed by atoms with Crippen LogP contribution < -0.4 is 5.73 Å². The van der Waals surface area contributed by atoms with Crippen LogP contribution in [0.3, 0.4) is 0 Å². The van der Waals surface area contributed by atoms with Gasteiger partial charge in [0.05, 0.1) is 6.07 Å². The number of benzene rings is 1. The Bertz CT molecular complexity index is 631. The van der Waals surface area contributed by atoms with Crippen LogP contribution in [-0.2, 0) is 5.54 Å². The van der Waals surface area contributed by atoms with Crippen molar-refractivity contribution in [3.63, 3.8) is 0 Å². The van der Waals surface area contributed by atoms with Crippen molar-refractivity contribution in [1.29, 1.82) is 5.26 Å². The average Bonchev–Trinajstić information content (AvgIpc) is 2.47. The fourth-order valence-electron chi connectivity index (χ4n) is 2.06. The molecule has 0 aliphatic rings. The Morgan fingerprint density at radius 1 is 1.19 bits per heavy atom. The number of nitrogens with zero attached hydrogens (tertiary/aromatic N) is 3. The fraction of sp³-hybridized carbons (Fsp3) is 0.312. The Morgan fingerprint density at radius 2 is 1.81 bits per heavy atom. The van der Waals surface area contributed by atoms with Crippen LogP contribution >= 0.6 is 11.8 Å². The van der Waals surface area contributed by atoms with Gasteiger partial charge in [0.15, 0.2) is 5.16 Å². The standard InChI is InChI=1S/C16H18N4S/c1-12-10-13(2)20-15(19-12)21-9-8-16(18,11-17)14-6-4-3-5-7-14/h3-7,10H,8-9,18H2,1-2H3. The van der Waals surface area contributed by atoms with E-state index in [-0.39, 0.29) is 0 Å². The van der Waals surface area contributed by atoms with Gasteiger partial charge in [-0.05, 0) is 31.9 Å². The second-order valence-electron chi connectivity index (χ2n) is 4.98. The topological polar surface area (TPSA) is 75.6 Å². The number of nitrogens with two attached hydrogens (primary N) is 1. The lowest BCUT2D eigenvalue weighted by atomic mass is 9.90. The zero-order valence-corrected chi connectivity index (χ0v) is 13.0. The zero-order chi connectivity index (χ0) is 15.3. The highest BCUT2D eigenvalue weighted by molar-refractivity contribution is 7.99. The third-order valence-corrected chi connectivity index (χ3v) is 4.03. The van der Waals surface area contributed by atoms with Gasteiger partial charge in [-0.25, -0.2) is 9.97 Å². The molecule has 0 bridgehead atoms. The van der Waals surface area contributed by atoms with Crippen molar-refractivity contribution in [3.8, 4) is 6.07 Å². The van der Waals surface area contributed by atoms with Gasteiger partial charge in [0.1, 0.15) is 5.54 Å². The van der Waals surface area contributed by atoms with E-state index < -0.39 is 5.54 Å². The predicted octanol–water partition coefficient (Wildman–Crippen LogP) is 2.95. The number of hydrogen-bond donors (Lipinski definition) is 1. The Hall–Kier alpha value is -1.90. The number of thioether (sulfide) groups is 1. The molecule has 2 N–H and O–H groups in total. The zero-order valence-electron chi connectivity index (χ0n) is 12.2. The van der Waals surface area contributed by atoms with Gasteiger partial charge in [-0.2, -0.15) is 5.26 Å². The highest BCUT2D eigenvalue weighted by Crippen LogP contribution is 2.25. The summed E-state index contributed by atoms with van der Waals surface area (Å²) in [5.74, 6) is 0.696. The highest BCUT2D eigenvalue weighted by atomic mass is 32.2. The summed E-state index contributed by atoms with van der Waals surface area (Å²) >= 11 is 1.53. The lowest BCUT2D eigenvalue weighted by Gasteiger charge is -2.21. The molecule has 4 nitrogen and oxygen atoms in total. The van der Waals surface area contributed by atoms with Crippen molar-refractivity contribution in [2.45, 2.75) is 31.0 Å². The summed E-state index contributed by atoms with van der Waals surface area (Å²) in [5.41, 5.74) is 8.01. The van der Waals surface area contributed by atoms with Crippen molar-refractivity contribution in [2.75, 3.05) is 5.75 Å². The highest BCUT2D eigenvalue weighted by Gasteiger charge is 2.26. The van der Waals surface area contributed by atoms with Crippen LogP contribution in [-0.4, -0.2) is 15.7 Å². The third-order valence-electron chi connectivity index (χ3n) is 3.18. The molecule has 1 unspecified atom stereocenters. The minimum atomic E-state index is -0.965. The summed E-state index contributed by atoms with van der Waals surface area (Å²) in [5, 5.41) is 10.1. The molecule has 0 spiro atoms. The summed E-state index contributed by atoms with van der Waals surface area (Å²) in [6.45, 7) is 3.90. The first kappa shape index (κ1) is 15.5. The van der Waals surface area contributed by atoms with E-state index in [9.17, 15) is 5.26 Å². The largest absolute Gasteiger partial charge is 0.310 e. The molecule has 0 fully saturated rings. The molecule has 5 heteroatoms. The molecule has 0 radical (unpaired) electrons. The first-order valence-electron chi connectivity index (χ1n) is 6.74. The molecule has 108 valence electrons. The normalized spacial score (nSPS) is 13.4. The minimum Gasteiger partial charge on any atom is -0.310 e. The number of nitriles is 1. The lowest BCUT2D eigenvalue weighted by Crippen LogP contribution is -2.35. The number of aryl methyl sites for hydroxylation is 2. The summed E-state index contributed by atoms with van der Waals surface area (Å²) in [4.78, 5) is 8.76. The van der Waals surface area contributed by atoms with E-state index in [0.29, 0.717) is 12.2 Å². The van der Waals surface area contributed by atoms with Crippen LogP contribution in [0, 0.1) is 25.2 Å². The molecule has 0 amide bonds. The molecule has 1 aromatic heterocycles. The molecule has 0 aliphatic carbocycles. The van der Waals surface area contributed by atoms with E-state index >= 15 is 0 Å². The van der Waals surface area contributed by atoms with Crippen LogP contribution in [0.5, 0.6) is 0 Å². The van der Waals surface area contributed by atoms with Gasteiger partial charge < -0.3 is 5.73 Å². The average molecular weight is 298 g/mol. The molecule has 0 saturated heterocycles. The van der Waals surface area contributed by atoms with E-state index in [0.717, 1.165) is 22.1 Å². The van der Waals surface area contributed by atoms with Gasteiger partial charge in [0.2, 0.25) is 0 Å². The second-order valence-corrected chi connectivity index (χ2v) is 6.04. The van der Waals surface area contributed by atoms with Crippen LogP contribution in [0.2, 0.25) is 0 Å². The van der Waals surface area contributed by atoms with Gasteiger partial charge in [0.25, 0.3) is 0 Å². The van der Waals surface area contributed by atoms with E-state index in [4.69, 9.17) is 5.73 Å². The van der Waals surface area contributed by atoms with Crippen molar-refractivity contribution in [2.24, 2.45) is 5.73 Å². The molecule has 0 saturated carbocycles. The van der Waals surface area contributed by atoms with Crippen LogP contribution in [0.25, 0.3) is 0 Å². The molecular weight excluding hydrogens is 280 g/mol. The van der Waals surface area contributed by atoms with Crippen molar-refractivity contribution < 1.29 is 0 Å². The summed E-state index contributed by atoms with van der Waals surface area (Å²) in [6.07, 6.45) is 0.550. The first-order valence-corrected chi connectivity index (χ1v) is 7.73. The Labute approximate surface area is 129 Å². The molecule has 2 rings (SSSR count). The van der Waals surface area contributed by atoms with Gasteiger partial charge >= 0.3 is 0 Å². The van der Waals surface area contributed by atoms with E-state index in [1.54, 1.807) is 0 Å². The molecule has 21 heavy (non-hydrogen) atoms. The Kier molecular flexibility index (Phi) is 4.94. The van der Waals surface area contributed by atoms with Crippen molar-refractivity contribution >= 4 is 11.8 Å². The van der Waals surface area contributed by atoms with Crippen LogP contribution in [0.1, 0.15) is 23.4 Å². The van der Waals surface area contributed by atoms with Gasteiger partial charge in [-0.3, -0.25) is 0 Å². The minimum absolute atomic E-state index is 0.550. The molecule has 1 heterocycles. The predicted molar refractivity (Wildman–Crippen MR) is 84.8 cm³/mol. The third kappa shape index (κ3) is 4.03. The SMILES string of the molecule is Cc1cc(C)nc(SCCC(N)(C#N)c2ccccc2)n1. The lowest BCUT2D eigenvalue weighted by molar-refractivity contribution is 0.560. The van der Waals surface area contributed by atoms with Crippen LogP contribution in [0.15, 0.2) is 41.6 Å². The Morgan fingerprint density at radius 3 is 2.38 bits per heavy atom. The van der Waals surface area contributed by atoms with E-state index in [2.05, 4.69) is 16.0 Å². The van der Waals surface area contributed by atoms with Crippen molar-refractivity contribution in [1.82, 2.24) is 9.97 Å². The quantitative estimate of drug-likeness (QED) is 0.678. The Balaban J connectivity index is 2.03. The first-order chi connectivity index (χ1) is 10.0.